The fourth-order valence-electron chi connectivity index (χ4n) is 3.10. The van der Waals surface area contributed by atoms with Gasteiger partial charge in [-0.25, -0.2) is 0 Å². The lowest BCUT2D eigenvalue weighted by Crippen LogP contribution is -2.32. The summed E-state index contributed by atoms with van der Waals surface area (Å²) in [6, 6.07) is 15.6. The van der Waals surface area contributed by atoms with Gasteiger partial charge in [0.2, 0.25) is 5.91 Å². The van der Waals surface area contributed by atoms with Crippen LogP contribution < -0.4 is 10.6 Å². The first-order chi connectivity index (χ1) is 14.4. The van der Waals surface area contributed by atoms with Gasteiger partial charge in [-0.1, -0.05) is 44.2 Å². The van der Waals surface area contributed by atoms with Crippen molar-refractivity contribution in [1.29, 1.82) is 0 Å². The Morgan fingerprint density at radius 3 is 2.50 bits per heavy atom. The minimum absolute atomic E-state index is 0.0572. The molecule has 0 heterocycles. The first-order valence-corrected chi connectivity index (χ1v) is 10.8. The maximum Gasteiger partial charge on any atom is 0.246 e. The van der Waals surface area contributed by atoms with E-state index in [1.807, 2.05) is 63.2 Å². The molecule has 5 heteroatoms. The fraction of sp³-hybridized carbons (Fsp3) is 0.480. The predicted octanol–water partition coefficient (Wildman–Crippen LogP) is 5.58. The molecule has 2 rings (SSSR count). The molecule has 2 N–H and O–H groups in total. The molecule has 2 aromatic rings. The van der Waals surface area contributed by atoms with Crippen LogP contribution in [0.4, 0.5) is 11.4 Å². The molecule has 2 unspecified atom stereocenters. The van der Waals surface area contributed by atoms with Crippen molar-refractivity contribution in [1.82, 2.24) is 0 Å². The van der Waals surface area contributed by atoms with Gasteiger partial charge in [-0.15, -0.1) is 0 Å². The third kappa shape index (κ3) is 7.81. The van der Waals surface area contributed by atoms with E-state index in [9.17, 15) is 4.79 Å². The average Bonchev–Trinajstić information content (AvgIpc) is 2.73. The maximum absolute atomic E-state index is 12.8. The van der Waals surface area contributed by atoms with E-state index >= 15 is 0 Å². The van der Waals surface area contributed by atoms with Gasteiger partial charge in [0, 0.05) is 11.4 Å². The normalized spacial score (nSPS) is 13.1. The topological polar surface area (TPSA) is 59.6 Å². The van der Waals surface area contributed by atoms with Gasteiger partial charge >= 0.3 is 0 Å². The zero-order valence-electron chi connectivity index (χ0n) is 18.9. The fourth-order valence-corrected chi connectivity index (χ4v) is 3.10. The minimum atomic E-state index is -0.370. The molecule has 0 aliphatic heterocycles. The molecule has 0 radical (unpaired) electrons. The Labute approximate surface area is 181 Å². The second kappa shape index (κ2) is 12.4. The number of para-hydroxylation sites is 1. The number of carbonyl (C=O) groups is 1. The van der Waals surface area contributed by atoms with Crippen molar-refractivity contribution < 1.29 is 14.3 Å². The Morgan fingerprint density at radius 2 is 1.77 bits per heavy atom. The van der Waals surface area contributed by atoms with Crippen molar-refractivity contribution in [3.05, 3.63) is 59.7 Å². The average molecular weight is 413 g/mol. The first-order valence-electron chi connectivity index (χ1n) is 10.8. The monoisotopic (exact) mass is 412 g/mol. The quantitative estimate of drug-likeness (QED) is 0.447. The molecular weight excluding hydrogens is 376 g/mol. The van der Waals surface area contributed by atoms with Crippen LogP contribution in [0.2, 0.25) is 0 Å². The summed E-state index contributed by atoms with van der Waals surface area (Å²) in [5.41, 5.74) is 4.00. The van der Waals surface area contributed by atoms with Crippen LogP contribution in [0.3, 0.4) is 0 Å². The van der Waals surface area contributed by atoms with Gasteiger partial charge in [0.15, 0.2) is 0 Å². The second-order valence-electron chi connectivity index (χ2n) is 7.92. The summed E-state index contributed by atoms with van der Waals surface area (Å²) >= 11 is 0. The number of anilines is 2. The molecule has 0 aliphatic carbocycles. The first kappa shape index (κ1) is 23.9. The lowest BCUT2D eigenvalue weighted by molar-refractivity contribution is -0.116. The van der Waals surface area contributed by atoms with Gasteiger partial charge < -0.3 is 20.1 Å². The van der Waals surface area contributed by atoms with Crippen LogP contribution in [-0.2, 0) is 20.9 Å². The molecule has 0 spiro atoms. The summed E-state index contributed by atoms with van der Waals surface area (Å²) in [6.07, 6.45) is 1.24. The molecular formula is C25H36N2O3. The maximum atomic E-state index is 12.8. The molecule has 0 aliphatic rings. The number of rotatable bonds is 12. The Hall–Kier alpha value is -2.37. The van der Waals surface area contributed by atoms with Crippen LogP contribution in [0, 0.1) is 0 Å². The number of carbonyl (C=O) groups excluding carboxylic acids is 1. The van der Waals surface area contributed by atoms with E-state index < -0.39 is 0 Å². The highest BCUT2D eigenvalue weighted by Gasteiger charge is 2.16. The Morgan fingerprint density at radius 1 is 1.00 bits per heavy atom. The molecule has 0 bridgehead atoms. The van der Waals surface area contributed by atoms with Crippen LogP contribution in [0.15, 0.2) is 48.5 Å². The lowest BCUT2D eigenvalue weighted by Gasteiger charge is -2.19. The van der Waals surface area contributed by atoms with E-state index in [2.05, 4.69) is 30.5 Å². The summed E-state index contributed by atoms with van der Waals surface area (Å²) in [6.45, 7) is 11.9. The van der Waals surface area contributed by atoms with Crippen molar-refractivity contribution in [2.24, 2.45) is 0 Å². The van der Waals surface area contributed by atoms with Crippen molar-refractivity contribution >= 4 is 17.3 Å². The predicted molar refractivity (Wildman–Crippen MR) is 124 cm³/mol. The van der Waals surface area contributed by atoms with E-state index in [0.29, 0.717) is 25.7 Å². The number of hydrogen-bond acceptors (Lipinski definition) is 4. The highest BCUT2D eigenvalue weighted by Crippen LogP contribution is 2.26. The standard InChI is InChI=1S/C25H36N2O3/c1-6-19(4)23-12-7-8-13-24(23)27-25(28)20(5)26-22-11-9-10-21(16-22)17-29-14-15-30-18(2)3/h7-13,16,18-20,26H,6,14-15,17H2,1-5H3,(H,27,28). The zero-order chi connectivity index (χ0) is 21.9. The van der Waals surface area contributed by atoms with Gasteiger partial charge in [0.1, 0.15) is 6.04 Å². The van der Waals surface area contributed by atoms with E-state index in [0.717, 1.165) is 23.4 Å². The highest BCUT2D eigenvalue weighted by atomic mass is 16.5. The van der Waals surface area contributed by atoms with Crippen LogP contribution >= 0.6 is 0 Å². The van der Waals surface area contributed by atoms with Crippen molar-refractivity contribution in [2.75, 3.05) is 23.8 Å². The Bertz CT molecular complexity index is 791. The largest absolute Gasteiger partial charge is 0.376 e. The third-order valence-electron chi connectivity index (χ3n) is 5.01. The summed E-state index contributed by atoms with van der Waals surface area (Å²) < 4.78 is 11.2. The third-order valence-corrected chi connectivity index (χ3v) is 5.01. The van der Waals surface area contributed by atoms with E-state index in [1.165, 1.54) is 5.56 Å². The van der Waals surface area contributed by atoms with E-state index in [1.54, 1.807) is 0 Å². The molecule has 0 saturated carbocycles. The number of ether oxygens (including phenoxy) is 2. The minimum Gasteiger partial charge on any atom is -0.376 e. The molecule has 2 aromatic carbocycles. The molecule has 5 nitrogen and oxygen atoms in total. The highest BCUT2D eigenvalue weighted by molar-refractivity contribution is 5.96. The molecule has 0 fully saturated rings. The van der Waals surface area contributed by atoms with Crippen LogP contribution in [0.5, 0.6) is 0 Å². The van der Waals surface area contributed by atoms with Gasteiger partial charge in [0.05, 0.1) is 25.9 Å². The zero-order valence-corrected chi connectivity index (χ0v) is 18.9. The summed E-state index contributed by atoms with van der Waals surface area (Å²) in [4.78, 5) is 12.8. The van der Waals surface area contributed by atoms with Crippen molar-refractivity contribution in [2.45, 2.75) is 65.7 Å². The molecule has 1 amide bonds. The van der Waals surface area contributed by atoms with E-state index in [4.69, 9.17) is 9.47 Å². The summed E-state index contributed by atoms with van der Waals surface area (Å²) in [5.74, 6) is 0.339. The smallest absolute Gasteiger partial charge is 0.246 e. The SMILES string of the molecule is CCC(C)c1ccccc1NC(=O)C(C)Nc1cccc(COCCOC(C)C)c1. The molecule has 164 valence electrons. The molecule has 0 saturated heterocycles. The van der Waals surface area contributed by atoms with Crippen molar-refractivity contribution in [3.8, 4) is 0 Å². The molecule has 30 heavy (non-hydrogen) atoms. The lowest BCUT2D eigenvalue weighted by atomic mass is 9.97. The molecule has 2 atom stereocenters. The number of hydrogen-bond donors (Lipinski definition) is 2. The van der Waals surface area contributed by atoms with Crippen molar-refractivity contribution in [3.63, 3.8) is 0 Å². The van der Waals surface area contributed by atoms with Crippen LogP contribution in [0.25, 0.3) is 0 Å². The summed E-state index contributed by atoms with van der Waals surface area (Å²) in [5, 5.41) is 6.37. The van der Waals surface area contributed by atoms with Gasteiger partial charge in [0.25, 0.3) is 0 Å². The van der Waals surface area contributed by atoms with E-state index in [-0.39, 0.29) is 18.1 Å². The summed E-state index contributed by atoms with van der Waals surface area (Å²) in [7, 11) is 0. The Balaban J connectivity index is 1.90. The van der Waals surface area contributed by atoms with Crippen LogP contribution in [-0.4, -0.2) is 31.3 Å². The number of nitrogens with one attached hydrogen (secondary N) is 2. The van der Waals surface area contributed by atoms with Gasteiger partial charge in [-0.2, -0.15) is 0 Å². The second-order valence-corrected chi connectivity index (χ2v) is 7.92. The number of amides is 1. The number of benzene rings is 2. The van der Waals surface area contributed by atoms with Crippen LogP contribution in [0.1, 0.15) is 58.1 Å². The Kier molecular flexibility index (Phi) is 9.84. The van der Waals surface area contributed by atoms with Gasteiger partial charge in [-0.3, -0.25) is 4.79 Å². The molecule has 0 aromatic heterocycles. The van der Waals surface area contributed by atoms with Gasteiger partial charge in [-0.05, 0) is 62.4 Å².